The van der Waals surface area contributed by atoms with Crippen LogP contribution in [0.25, 0.3) is 10.9 Å². The Bertz CT molecular complexity index is 1390. The highest BCUT2D eigenvalue weighted by molar-refractivity contribution is 9.10. The molecule has 168 valence electrons. The molecule has 33 heavy (non-hydrogen) atoms. The third kappa shape index (κ3) is 5.64. The maximum Gasteiger partial charge on any atom is 0.282 e. The van der Waals surface area contributed by atoms with Crippen molar-refractivity contribution in [1.82, 2.24) is 9.66 Å². The van der Waals surface area contributed by atoms with Crippen molar-refractivity contribution in [2.75, 3.05) is 0 Å². The van der Waals surface area contributed by atoms with E-state index in [-0.39, 0.29) is 5.56 Å². The lowest BCUT2D eigenvalue weighted by Gasteiger charge is -2.09. The molecule has 0 saturated heterocycles. The Morgan fingerprint density at radius 1 is 1.09 bits per heavy atom. The molecule has 0 saturated carbocycles. The average molecular weight is 545 g/mol. The van der Waals surface area contributed by atoms with Crippen LogP contribution < -0.4 is 10.3 Å². The molecule has 0 aliphatic carbocycles. The topological polar surface area (TPSA) is 56.5 Å². The zero-order valence-electron chi connectivity index (χ0n) is 17.8. The Labute approximate surface area is 209 Å². The van der Waals surface area contributed by atoms with Gasteiger partial charge in [-0.3, -0.25) is 4.79 Å². The van der Waals surface area contributed by atoms with Gasteiger partial charge in [0, 0.05) is 26.5 Å². The summed E-state index contributed by atoms with van der Waals surface area (Å²) in [4.78, 5) is 17.7. The fourth-order valence-electron chi connectivity index (χ4n) is 3.27. The number of hydrogen-bond donors (Lipinski definition) is 0. The van der Waals surface area contributed by atoms with Crippen molar-refractivity contribution in [1.29, 1.82) is 0 Å². The summed E-state index contributed by atoms with van der Waals surface area (Å²) in [6.07, 6.45) is 3.15. The molecule has 4 rings (SSSR count). The summed E-state index contributed by atoms with van der Waals surface area (Å²) in [5.41, 5.74) is 2.15. The molecule has 0 bridgehead atoms. The lowest BCUT2D eigenvalue weighted by atomic mass is 10.2. The van der Waals surface area contributed by atoms with Crippen molar-refractivity contribution in [3.63, 3.8) is 0 Å². The number of halogens is 3. The van der Waals surface area contributed by atoms with Crippen molar-refractivity contribution in [3.05, 3.63) is 102 Å². The van der Waals surface area contributed by atoms with Gasteiger partial charge in [-0.05, 0) is 66.6 Å². The number of fused-ring (bicyclic) bond motifs is 1. The number of aryl methyl sites for hydroxylation is 1. The predicted molar refractivity (Wildman–Crippen MR) is 138 cm³/mol. The molecular formula is C25H20BrCl2N3O2. The van der Waals surface area contributed by atoms with E-state index in [4.69, 9.17) is 27.9 Å². The zero-order chi connectivity index (χ0) is 23.4. The first kappa shape index (κ1) is 23.5. The number of nitrogens with zero attached hydrogens (tertiary/aromatic N) is 3. The molecule has 0 aliphatic rings. The van der Waals surface area contributed by atoms with Crippen molar-refractivity contribution < 1.29 is 4.74 Å². The maximum absolute atomic E-state index is 13.1. The summed E-state index contributed by atoms with van der Waals surface area (Å²) >= 11 is 15.5. The van der Waals surface area contributed by atoms with E-state index in [1.807, 2.05) is 49.4 Å². The third-order valence-corrected chi connectivity index (χ3v) is 6.04. The van der Waals surface area contributed by atoms with Gasteiger partial charge in [0.05, 0.1) is 17.1 Å². The molecular weight excluding hydrogens is 525 g/mol. The molecule has 0 radical (unpaired) electrons. The van der Waals surface area contributed by atoms with Crippen LogP contribution in [0.4, 0.5) is 0 Å². The Kier molecular flexibility index (Phi) is 7.48. The summed E-state index contributed by atoms with van der Waals surface area (Å²) in [6.45, 7) is 2.37. The van der Waals surface area contributed by atoms with Crippen molar-refractivity contribution in [2.45, 2.75) is 26.4 Å². The summed E-state index contributed by atoms with van der Waals surface area (Å²) < 4.78 is 8.02. The molecule has 8 heteroatoms. The Hall–Kier alpha value is -2.67. The highest BCUT2D eigenvalue weighted by atomic mass is 79.9. The Balaban J connectivity index is 1.54. The lowest BCUT2D eigenvalue weighted by Crippen LogP contribution is -2.22. The number of benzene rings is 3. The first-order valence-electron chi connectivity index (χ1n) is 10.4. The highest BCUT2D eigenvalue weighted by Gasteiger charge is 2.10. The minimum atomic E-state index is -0.194. The van der Waals surface area contributed by atoms with Crippen molar-refractivity contribution in [3.8, 4) is 5.75 Å². The number of aromatic nitrogens is 2. The smallest absolute Gasteiger partial charge is 0.282 e. The molecule has 1 aromatic heterocycles. The SMILES string of the molecule is CCCc1nc2ccc(Br)cc2c(=O)n1N=Cc1ccc(OCc2ccc(Cl)cc2Cl)cc1. The van der Waals surface area contributed by atoms with Crippen LogP contribution >= 0.6 is 39.1 Å². The van der Waals surface area contributed by atoms with E-state index in [9.17, 15) is 4.79 Å². The van der Waals surface area contributed by atoms with E-state index in [0.717, 1.165) is 22.0 Å². The second-order valence-electron chi connectivity index (χ2n) is 7.39. The monoisotopic (exact) mass is 543 g/mol. The first-order valence-corrected chi connectivity index (χ1v) is 11.9. The molecule has 0 fully saturated rings. The molecule has 0 spiro atoms. The molecule has 0 unspecified atom stereocenters. The quantitative estimate of drug-likeness (QED) is 0.238. The zero-order valence-corrected chi connectivity index (χ0v) is 20.9. The molecule has 0 N–H and O–H groups in total. The maximum atomic E-state index is 13.1. The van der Waals surface area contributed by atoms with E-state index in [1.54, 1.807) is 24.4 Å². The van der Waals surface area contributed by atoms with Gasteiger partial charge in [0.2, 0.25) is 0 Å². The Morgan fingerprint density at radius 2 is 1.88 bits per heavy atom. The van der Waals surface area contributed by atoms with Gasteiger partial charge in [-0.25, -0.2) is 4.98 Å². The lowest BCUT2D eigenvalue weighted by molar-refractivity contribution is 0.306. The second-order valence-corrected chi connectivity index (χ2v) is 9.15. The van der Waals surface area contributed by atoms with Gasteiger partial charge in [0.15, 0.2) is 0 Å². The summed E-state index contributed by atoms with van der Waals surface area (Å²) in [5, 5.41) is 6.12. The van der Waals surface area contributed by atoms with Crippen molar-refractivity contribution in [2.24, 2.45) is 5.10 Å². The van der Waals surface area contributed by atoms with Gasteiger partial charge in [-0.1, -0.05) is 52.1 Å². The fraction of sp³-hybridized carbons (Fsp3) is 0.160. The number of ether oxygens (including phenoxy) is 1. The second kappa shape index (κ2) is 10.5. The van der Waals surface area contributed by atoms with Gasteiger partial charge in [-0.15, -0.1) is 0 Å². The number of rotatable bonds is 7. The largest absolute Gasteiger partial charge is 0.489 e. The molecule has 0 atom stereocenters. The normalized spacial score (nSPS) is 11.4. The van der Waals surface area contributed by atoms with Crippen LogP contribution in [0.2, 0.25) is 10.0 Å². The van der Waals surface area contributed by atoms with Crippen LogP contribution in [-0.2, 0) is 13.0 Å². The van der Waals surface area contributed by atoms with E-state index in [0.29, 0.717) is 45.5 Å². The van der Waals surface area contributed by atoms with Crippen LogP contribution in [0, 0.1) is 0 Å². The summed E-state index contributed by atoms with van der Waals surface area (Å²) in [7, 11) is 0. The molecule has 4 aromatic rings. The van der Waals surface area contributed by atoms with E-state index >= 15 is 0 Å². The van der Waals surface area contributed by atoms with Gasteiger partial charge in [0.25, 0.3) is 5.56 Å². The van der Waals surface area contributed by atoms with Crippen molar-refractivity contribution >= 4 is 56.2 Å². The minimum absolute atomic E-state index is 0.194. The standard InChI is InChI=1S/C25H20BrCl2N3O2/c1-2-3-24-30-23-11-7-18(26)12-21(23)25(32)31(24)29-14-16-4-9-20(10-5-16)33-15-17-6-8-19(27)13-22(17)28/h4-14H,2-3,15H2,1H3. The van der Waals surface area contributed by atoms with Gasteiger partial charge in [-0.2, -0.15) is 9.78 Å². The molecule has 5 nitrogen and oxygen atoms in total. The molecule has 1 heterocycles. The van der Waals surface area contributed by atoms with Crippen LogP contribution in [0.3, 0.4) is 0 Å². The molecule has 0 amide bonds. The molecule has 3 aromatic carbocycles. The van der Waals surface area contributed by atoms with Crippen LogP contribution in [0.15, 0.2) is 75.0 Å². The van der Waals surface area contributed by atoms with Gasteiger partial charge < -0.3 is 4.74 Å². The van der Waals surface area contributed by atoms with Crippen LogP contribution in [0.1, 0.15) is 30.3 Å². The van der Waals surface area contributed by atoms with E-state index < -0.39 is 0 Å². The fourth-order valence-corrected chi connectivity index (χ4v) is 4.10. The highest BCUT2D eigenvalue weighted by Crippen LogP contribution is 2.23. The summed E-state index contributed by atoms with van der Waals surface area (Å²) in [5.74, 6) is 1.33. The number of hydrogen-bond acceptors (Lipinski definition) is 4. The molecule has 0 aliphatic heterocycles. The van der Waals surface area contributed by atoms with Crippen LogP contribution in [-0.4, -0.2) is 15.9 Å². The average Bonchev–Trinajstić information content (AvgIpc) is 2.80. The minimum Gasteiger partial charge on any atom is -0.489 e. The van der Waals surface area contributed by atoms with E-state index in [1.165, 1.54) is 4.68 Å². The first-order chi connectivity index (χ1) is 15.9. The van der Waals surface area contributed by atoms with Crippen LogP contribution in [0.5, 0.6) is 5.75 Å². The van der Waals surface area contributed by atoms with E-state index in [2.05, 4.69) is 26.0 Å². The van der Waals surface area contributed by atoms with Gasteiger partial charge in [0.1, 0.15) is 18.2 Å². The Morgan fingerprint density at radius 3 is 2.61 bits per heavy atom. The predicted octanol–water partition coefficient (Wildman–Crippen LogP) is 6.88. The van der Waals surface area contributed by atoms with Gasteiger partial charge >= 0.3 is 0 Å². The summed E-state index contributed by atoms with van der Waals surface area (Å²) in [6, 6.07) is 18.2. The third-order valence-electron chi connectivity index (χ3n) is 4.96.